The SMILES string of the molecule is C[C@H]1C[C@@H](N(C)C(=O)COc2ccc3cc(Br)ccc3c2)CCN1C. The number of nitrogens with zero attached hydrogens (tertiary/aromatic N) is 2. The van der Waals surface area contributed by atoms with Gasteiger partial charge in [-0.05, 0) is 61.9 Å². The highest BCUT2D eigenvalue weighted by atomic mass is 79.9. The van der Waals surface area contributed by atoms with Crippen molar-refractivity contribution >= 4 is 32.6 Å². The van der Waals surface area contributed by atoms with Gasteiger partial charge in [0.25, 0.3) is 5.91 Å². The number of hydrogen-bond donors (Lipinski definition) is 0. The summed E-state index contributed by atoms with van der Waals surface area (Å²) in [5.41, 5.74) is 0. The van der Waals surface area contributed by atoms with Crippen LogP contribution in [-0.2, 0) is 4.79 Å². The molecule has 1 saturated heterocycles. The van der Waals surface area contributed by atoms with Crippen molar-refractivity contribution in [2.45, 2.75) is 31.8 Å². The van der Waals surface area contributed by atoms with Crippen molar-refractivity contribution in [3.8, 4) is 5.75 Å². The second kappa shape index (κ2) is 7.75. The molecule has 2 atom stereocenters. The Labute approximate surface area is 157 Å². The van der Waals surface area contributed by atoms with Gasteiger partial charge in [-0.15, -0.1) is 0 Å². The number of piperidine rings is 1. The fourth-order valence-electron chi connectivity index (χ4n) is 3.35. The highest BCUT2D eigenvalue weighted by molar-refractivity contribution is 9.10. The lowest BCUT2D eigenvalue weighted by Crippen LogP contribution is -2.49. The molecule has 2 aromatic rings. The summed E-state index contributed by atoms with van der Waals surface area (Å²) in [6.07, 6.45) is 2.04. The number of amides is 1. The molecule has 0 saturated carbocycles. The van der Waals surface area contributed by atoms with Crippen molar-refractivity contribution in [1.29, 1.82) is 0 Å². The number of hydrogen-bond acceptors (Lipinski definition) is 3. The van der Waals surface area contributed by atoms with Crippen molar-refractivity contribution in [3.63, 3.8) is 0 Å². The van der Waals surface area contributed by atoms with E-state index in [4.69, 9.17) is 4.74 Å². The first-order chi connectivity index (χ1) is 11.9. The van der Waals surface area contributed by atoms with Crippen LogP contribution in [0.3, 0.4) is 0 Å². The van der Waals surface area contributed by atoms with Crippen molar-refractivity contribution < 1.29 is 9.53 Å². The largest absolute Gasteiger partial charge is 0.484 e. The van der Waals surface area contributed by atoms with Crippen molar-refractivity contribution in [1.82, 2.24) is 9.80 Å². The number of benzene rings is 2. The fourth-order valence-corrected chi connectivity index (χ4v) is 3.73. The van der Waals surface area contributed by atoms with Crippen LogP contribution in [0.25, 0.3) is 10.8 Å². The minimum atomic E-state index is 0.0395. The van der Waals surface area contributed by atoms with E-state index in [1.54, 1.807) is 0 Å². The fraction of sp³-hybridized carbons (Fsp3) is 0.450. The van der Waals surface area contributed by atoms with E-state index < -0.39 is 0 Å². The predicted molar refractivity (Wildman–Crippen MR) is 105 cm³/mol. The summed E-state index contributed by atoms with van der Waals surface area (Å²) in [7, 11) is 4.04. The summed E-state index contributed by atoms with van der Waals surface area (Å²) in [6.45, 7) is 3.33. The van der Waals surface area contributed by atoms with Gasteiger partial charge in [0, 0.05) is 30.1 Å². The zero-order valence-corrected chi connectivity index (χ0v) is 16.6. The lowest BCUT2D eigenvalue weighted by atomic mass is 9.98. The van der Waals surface area contributed by atoms with E-state index in [1.165, 1.54) is 0 Å². The first kappa shape index (κ1) is 18.2. The van der Waals surface area contributed by atoms with E-state index in [0.717, 1.165) is 40.4 Å². The van der Waals surface area contributed by atoms with Gasteiger partial charge >= 0.3 is 0 Å². The van der Waals surface area contributed by atoms with Gasteiger partial charge in [0.05, 0.1) is 0 Å². The molecule has 0 radical (unpaired) electrons. The minimum absolute atomic E-state index is 0.0395. The van der Waals surface area contributed by atoms with Crippen LogP contribution in [0.5, 0.6) is 5.75 Å². The van der Waals surface area contributed by atoms with E-state index in [9.17, 15) is 4.79 Å². The molecule has 0 spiro atoms. The Bertz CT molecular complexity index is 764. The van der Waals surface area contributed by atoms with E-state index in [0.29, 0.717) is 12.1 Å². The molecule has 1 fully saturated rings. The number of ether oxygens (including phenoxy) is 1. The normalized spacial score (nSPS) is 21.3. The molecule has 1 aliphatic rings. The van der Waals surface area contributed by atoms with Gasteiger partial charge in [0.1, 0.15) is 5.75 Å². The average Bonchev–Trinajstić information content (AvgIpc) is 2.61. The maximum absolute atomic E-state index is 12.5. The summed E-state index contributed by atoms with van der Waals surface area (Å²) in [4.78, 5) is 16.7. The van der Waals surface area contributed by atoms with Gasteiger partial charge in [0.2, 0.25) is 0 Å². The Hall–Kier alpha value is -1.59. The molecule has 3 rings (SSSR count). The summed E-state index contributed by atoms with van der Waals surface area (Å²) in [6, 6.07) is 12.8. The number of fused-ring (bicyclic) bond motifs is 1. The first-order valence-corrected chi connectivity index (χ1v) is 9.51. The lowest BCUT2D eigenvalue weighted by molar-refractivity contribution is -0.135. The molecule has 1 aliphatic heterocycles. The molecule has 25 heavy (non-hydrogen) atoms. The molecular formula is C20H25BrN2O2. The molecule has 5 heteroatoms. The Balaban J connectivity index is 1.59. The molecule has 134 valence electrons. The number of likely N-dealkylation sites (tertiary alicyclic amines) is 1. The maximum Gasteiger partial charge on any atom is 0.260 e. The number of rotatable bonds is 4. The van der Waals surface area contributed by atoms with Crippen molar-refractivity contribution in [2.75, 3.05) is 27.2 Å². The molecule has 1 amide bonds. The summed E-state index contributed by atoms with van der Waals surface area (Å²) in [5, 5.41) is 2.25. The van der Waals surface area contributed by atoms with Crippen molar-refractivity contribution in [2.24, 2.45) is 0 Å². The molecule has 2 aromatic carbocycles. The Morgan fingerprint density at radius 3 is 2.76 bits per heavy atom. The third-order valence-electron chi connectivity index (χ3n) is 5.26. The van der Waals surface area contributed by atoms with Crippen LogP contribution in [0.15, 0.2) is 40.9 Å². The molecule has 1 heterocycles. The maximum atomic E-state index is 12.5. The topological polar surface area (TPSA) is 32.8 Å². The molecule has 0 unspecified atom stereocenters. The standard InChI is InChI=1S/C20H25BrN2O2/c1-14-10-18(8-9-22(14)2)23(3)20(24)13-25-19-7-5-15-11-17(21)6-4-16(15)12-19/h4-7,11-12,14,18H,8-10,13H2,1-3H3/t14-,18-/m0/s1. The number of likely N-dealkylation sites (N-methyl/N-ethyl adjacent to an activating group) is 1. The zero-order valence-electron chi connectivity index (χ0n) is 15.0. The molecule has 0 N–H and O–H groups in total. The van der Waals surface area contributed by atoms with Gasteiger partial charge in [-0.3, -0.25) is 4.79 Å². The van der Waals surface area contributed by atoms with E-state index >= 15 is 0 Å². The van der Waals surface area contributed by atoms with Crippen LogP contribution in [-0.4, -0.2) is 55.0 Å². The van der Waals surface area contributed by atoms with Crippen LogP contribution in [0.4, 0.5) is 0 Å². The third kappa shape index (κ3) is 4.33. The second-order valence-corrected chi connectivity index (χ2v) is 7.87. The number of carbonyl (C=O) groups is 1. The average molecular weight is 405 g/mol. The Kier molecular flexibility index (Phi) is 5.64. The number of halogens is 1. The Morgan fingerprint density at radius 1 is 1.28 bits per heavy atom. The van der Waals surface area contributed by atoms with Gasteiger partial charge < -0.3 is 14.5 Å². The summed E-state index contributed by atoms with van der Waals surface area (Å²) < 4.78 is 6.81. The quantitative estimate of drug-likeness (QED) is 0.773. The second-order valence-electron chi connectivity index (χ2n) is 6.95. The van der Waals surface area contributed by atoms with Crippen molar-refractivity contribution in [3.05, 3.63) is 40.9 Å². The molecular weight excluding hydrogens is 380 g/mol. The first-order valence-electron chi connectivity index (χ1n) is 8.72. The highest BCUT2D eigenvalue weighted by Crippen LogP contribution is 2.24. The summed E-state index contributed by atoms with van der Waals surface area (Å²) in [5.74, 6) is 0.769. The predicted octanol–water partition coefficient (Wildman–Crippen LogP) is 3.92. The van der Waals surface area contributed by atoms with E-state index in [-0.39, 0.29) is 12.5 Å². The van der Waals surface area contributed by atoms with Crippen LogP contribution in [0.2, 0.25) is 0 Å². The molecule has 0 bridgehead atoms. The molecule has 4 nitrogen and oxygen atoms in total. The minimum Gasteiger partial charge on any atom is -0.484 e. The monoisotopic (exact) mass is 404 g/mol. The van der Waals surface area contributed by atoms with E-state index in [1.807, 2.05) is 42.3 Å². The summed E-state index contributed by atoms with van der Waals surface area (Å²) >= 11 is 3.48. The number of carbonyl (C=O) groups excluding carboxylic acids is 1. The van der Waals surface area contributed by atoms with Crippen LogP contribution >= 0.6 is 15.9 Å². The third-order valence-corrected chi connectivity index (χ3v) is 5.75. The molecule has 0 aliphatic carbocycles. The van der Waals surface area contributed by atoms with Gasteiger partial charge in [-0.25, -0.2) is 0 Å². The van der Waals surface area contributed by atoms with Crippen LogP contribution in [0.1, 0.15) is 19.8 Å². The van der Waals surface area contributed by atoms with Crippen LogP contribution < -0.4 is 4.74 Å². The van der Waals surface area contributed by atoms with Gasteiger partial charge in [0.15, 0.2) is 6.61 Å². The van der Waals surface area contributed by atoms with Gasteiger partial charge in [-0.2, -0.15) is 0 Å². The zero-order chi connectivity index (χ0) is 18.0. The lowest BCUT2D eigenvalue weighted by Gasteiger charge is -2.39. The Morgan fingerprint density at radius 2 is 2.00 bits per heavy atom. The van der Waals surface area contributed by atoms with Crippen LogP contribution in [0, 0.1) is 0 Å². The highest BCUT2D eigenvalue weighted by Gasteiger charge is 2.28. The smallest absolute Gasteiger partial charge is 0.260 e. The van der Waals surface area contributed by atoms with E-state index in [2.05, 4.69) is 40.9 Å². The molecule has 0 aromatic heterocycles. The van der Waals surface area contributed by atoms with Gasteiger partial charge in [-0.1, -0.05) is 28.1 Å².